The Labute approximate surface area is 139 Å². The van der Waals surface area contributed by atoms with E-state index in [-0.39, 0.29) is 11.8 Å². The van der Waals surface area contributed by atoms with Crippen LogP contribution in [-0.2, 0) is 9.59 Å². The van der Waals surface area contributed by atoms with Gasteiger partial charge >= 0.3 is 0 Å². The average Bonchev–Trinajstić information content (AvgIpc) is 2.45. The third kappa shape index (κ3) is 7.59. The first-order valence-electron chi connectivity index (χ1n) is 7.89. The minimum Gasteiger partial charge on any atom is -0.356 e. The molecule has 0 spiro atoms. The molecule has 124 valence electrons. The molecule has 0 aromatic heterocycles. The van der Waals surface area contributed by atoms with Crippen LogP contribution in [0.25, 0.3) is 0 Å². The summed E-state index contributed by atoms with van der Waals surface area (Å²) in [6.07, 6.45) is 3.45. The lowest BCUT2D eigenvalue weighted by molar-refractivity contribution is -0.122. The summed E-state index contributed by atoms with van der Waals surface area (Å²) in [6, 6.07) is 0. The van der Waals surface area contributed by atoms with Crippen molar-refractivity contribution in [1.82, 2.24) is 5.32 Å². The summed E-state index contributed by atoms with van der Waals surface area (Å²) in [5, 5.41) is 3.22. The van der Waals surface area contributed by atoms with Crippen molar-refractivity contribution in [2.24, 2.45) is 11.8 Å². The van der Waals surface area contributed by atoms with Crippen molar-refractivity contribution in [3.05, 3.63) is 0 Å². The molecule has 0 saturated carbocycles. The second kappa shape index (κ2) is 10.5. The summed E-state index contributed by atoms with van der Waals surface area (Å²) >= 11 is 6.38. The maximum atomic E-state index is 11.8. The molecular weight excluding hydrogens is 302 g/mol. The summed E-state index contributed by atoms with van der Waals surface area (Å²) in [5.74, 6) is 1.67. The number of thiol groups is 1. The highest BCUT2D eigenvalue weighted by Gasteiger charge is 2.34. The molecule has 0 rings (SSSR count). The minimum absolute atomic E-state index is 0.126. The van der Waals surface area contributed by atoms with Gasteiger partial charge in [-0.2, -0.15) is 24.4 Å². The normalized spacial score (nSPS) is 18.4. The van der Waals surface area contributed by atoms with Crippen LogP contribution < -0.4 is 5.32 Å². The van der Waals surface area contributed by atoms with Crippen LogP contribution in [0.1, 0.15) is 53.9 Å². The lowest BCUT2D eigenvalue weighted by Gasteiger charge is -2.34. The molecule has 0 aromatic carbocycles. The summed E-state index contributed by atoms with van der Waals surface area (Å²) in [6.45, 7) is 10.8. The highest BCUT2D eigenvalue weighted by atomic mass is 32.2. The van der Waals surface area contributed by atoms with Crippen molar-refractivity contribution < 1.29 is 9.59 Å². The highest BCUT2D eigenvalue weighted by Crippen LogP contribution is 2.36. The van der Waals surface area contributed by atoms with Crippen molar-refractivity contribution in [1.29, 1.82) is 0 Å². The number of hydrogen-bond donors (Lipinski definition) is 2. The molecule has 0 aromatic rings. The first-order valence-corrected chi connectivity index (χ1v) is 9.38. The number of aldehydes is 1. The Morgan fingerprint density at radius 2 is 2.00 bits per heavy atom. The third-order valence-corrected chi connectivity index (χ3v) is 5.96. The van der Waals surface area contributed by atoms with E-state index in [1.54, 1.807) is 0 Å². The second-order valence-corrected chi connectivity index (χ2v) is 8.27. The second-order valence-electron chi connectivity index (χ2n) is 5.79. The summed E-state index contributed by atoms with van der Waals surface area (Å²) in [7, 11) is 0. The number of thioether (sulfide) groups is 1. The molecule has 0 heterocycles. The zero-order valence-electron chi connectivity index (χ0n) is 14.0. The lowest BCUT2D eigenvalue weighted by Crippen LogP contribution is -2.37. The number of hydrogen-bond acceptors (Lipinski definition) is 4. The maximum Gasteiger partial charge on any atom is 0.220 e. The molecule has 0 fully saturated rings. The Morgan fingerprint density at radius 1 is 1.38 bits per heavy atom. The predicted molar refractivity (Wildman–Crippen MR) is 96.2 cm³/mol. The van der Waals surface area contributed by atoms with E-state index in [4.69, 9.17) is 0 Å². The lowest BCUT2D eigenvalue weighted by atomic mass is 9.86. The Kier molecular flexibility index (Phi) is 10.5. The Morgan fingerprint density at radius 3 is 2.43 bits per heavy atom. The van der Waals surface area contributed by atoms with Crippen LogP contribution >= 0.6 is 24.4 Å². The topological polar surface area (TPSA) is 46.2 Å². The van der Waals surface area contributed by atoms with Crippen LogP contribution in [0, 0.1) is 11.8 Å². The molecule has 0 aliphatic heterocycles. The molecule has 0 aliphatic carbocycles. The molecule has 5 heteroatoms. The van der Waals surface area contributed by atoms with E-state index in [0.29, 0.717) is 24.1 Å². The van der Waals surface area contributed by atoms with E-state index in [1.807, 2.05) is 25.6 Å². The SMILES string of the molecule is CCNC(=O)CC(CC)C[C@@H](SCC)[C@@H](C)[C@@](C)(S)C=O. The van der Waals surface area contributed by atoms with Crippen LogP contribution in [0.5, 0.6) is 0 Å². The monoisotopic (exact) mass is 333 g/mol. The predicted octanol–water partition coefficient (Wildman–Crippen LogP) is 3.57. The number of nitrogens with one attached hydrogen (secondary N) is 1. The molecular formula is C16H31NO2S2. The van der Waals surface area contributed by atoms with Crippen molar-refractivity contribution >= 4 is 36.6 Å². The molecule has 0 aliphatic rings. The van der Waals surface area contributed by atoms with Gasteiger partial charge in [-0.3, -0.25) is 4.79 Å². The van der Waals surface area contributed by atoms with Crippen LogP contribution in [0.3, 0.4) is 0 Å². The standard InChI is InChI=1S/C16H31NO2S2/c1-6-13(10-15(19)17-7-2)9-14(21-8-3)12(4)16(5,20)11-18/h11-14,20H,6-10H2,1-5H3,(H,17,19)/t12-,13?,14-,16+/m1/s1. The van der Waals surface area contributed by atoms with Gasteiger partial charge in [0.25, 0.3) is 0 Å². The molecule has 0 radical (unpaired) electrons. The van der Waals surface area contributed by atoms with Gasteiger partial charge in [0.15, 0.2) is 0 Å². The molecule has 0 bridgehead atoms. The van der Waals surface area contributed by atoms with Gasteiger partial charge in [-0.05, 0) is 37.9 Å². The smallest absolute Gasteiger partial charge is 0.220 e. The summed E-state index contributed by atoms with van der Waals surface area (Å²) in [5.41, 5.74) is 0. The van der Waals surface area contributed by atoms with Crippen molar-refractivity contribution in [3.63, 3.8) is 0 Å². The zero-order chi connectivity index (χ0) is 16.5. The molecule has 1 amide bonds. The average molecular weight is 334 g/mol. The summed E-state index contributed by atoms with van der Waals surface area (Å²) in [4.78, 5) is 23.0. The quantitative estimate of drug-likeness (QED) is 0.449. The first-order chi connectivity index (χ1) is 9.82. The molecule has 0 saturated heterocycles. The van der Waals surface area contributed by atoms with E-state index < -0.39 is 4.75 Å². The van der Waals surface area contributed by atoms with E-state index >= 15 is 0 Å². The van der Waals surface area contributed by atoms with Gasteiger partial charge in [-0.1, -0.05) is 27.2 Å². The first kappa shape index (κ1) is 20.8. The molecule has 1 N–H and O–H groups in total. The third-order valence-electron chi connectivity index (χ3n) is 4.09. The number of rotatable bonds is 11. The molecule has 1 unspecified atom stereocenters. The fourth-order valence-corrected chi connectivity index (χ4v) is 4.06. The number of carbonyl (C=O) groups is 2. The number of amides is 1. The molecule has 21 heavy (non-hydrogen) atoms. The Bertz CT molecular complexity index is 321. The van der Waals surface area contributed by atoms with Crippen molar-refractivity contribution in [2.45, 2.75) is 63.9 Å². The van der Waals surface area contributed by atoms with Gasteiger partial charge < -0.3 is 10.1 Å². The van der Waals surface area contributed by atoms with E-state index in [2.05, 4.69) is 38.7 Å². The van der Waals surface area contributed by atoms with E-state index in [0.717, 1.165) is 24.9 Å². The highest BCUT2D eigenvalue weighted by molar-refractivity contribution is 7.99. The van der Waals surface area contributed by atoms with Crippen molar-refractivity contribution in [3.8, 4) is 0 Å². The van der Waals surface area contributed by atoms with E-state index in [9.17, 15) is 9.59 Å². The largest absolute Gasteiger partial charge is 0.356 e. The zero-order valence-corrected chi connectivity index (χ0v) is 15.7. The maximum absolute atomic E-state index is 11.8. The van der Waals surface area contributed by atoms with Gasteiger partial charge in [0, 0.05) is 18.2 Å². The molecule has 3 nitrogen and oxygen atoms in total. The number of carbonyl (C=O) groups excluding carboxylic acids is 2. The van der Waals surface area contributed by atoms with Crippen LogP contribution in [0.2, 0.25) is 0 Å². The van der Waals surface area contributed by atoms with Gasteiger partial charge in [-0.25, -0.2) is 0 Å². The van der Waals surface area contributed by atoms with Gasteiger partial charge in [0.2, 0.25) is 5.91 Å². The fraction of sp³-hybridized carbons (Fsp3) is 0.875. The van der Waals surface area contributed by atoms with Crippen LogP contribution in [0.15, 0.2) is 0 Å². The van der Waals surface area contributed by atoms with Gasteiger partial charge in [0.1, 0.15) is 6.29 Å². The molecule has 4 atom stereocenters. The minimum atomic E-state index is -0.614. The Balaban J connectivity index is 4.79. The van der Waals surface area contributed by atoms with Gasteiger partial charge in [0.05, 0.1) is 4.75 Å². The van der Waals surface area contributed by atoms with Crippen LogP contribution in [-0.4, -0.2) is 34.5 Å². The fourth-order valence-electron chi connectivity index (χ4n) is 2.37. The van der Waals surface area contributed by atoms with Crippen molar-refractivity contribution in [2.75, 3.05) is 12.3 Å². The Hall–Kier alpha value is -0.160. The van der Waals surface area contributed by atoms with E-state index in [1.165, 1.54) is 0 Å². The van der Waals surface area contributed by atoms with Crippen LogP contribution in [0.4, 0.5) is 0 Å². The summed E-state index contributed by atoms with van der Waals surface area (Å²) < 4.78 is -0.614. The van der Waals surface area contributed by atoms with Gasteiger partial charge in [-0.15, -0.1) is 0 Å².